The molecule has 1 aliphatic rings. The van der Waals surface area contributed by atoms with E-state index in [1.165, 1.54) is 0 Å². The Morgan fingerprint density at radius 2 is 2.12 bits per heavy atom. The number of hydrogen-bond donors (Lipinski definition) is 1. The summed E-state index contributed by atoms with van der Waals surface area (Å²) in [5, 5.41) is 6.32. The molecule has 1 aliphatic carbocycles. The molecule has 0 aromatic heterocycles. The van der Waals surface area contributed by atoms with Gasteiger partial charge in [-0.3, -0.25) is 4.79 Å². The highest BCUT2D eigenvalue weighted by Gasteiger charge is 2.41. The summed E-state index contributed by atoms with van der Waals surface area (Å²) in [5.41, 5.74) is 1.14. The van der Waals surface area contributed by atoms with Crippen molar-refractivity contribution in [3.8, 4) is 0 Å². The lowest BCUT2D eigenvalue weighted by Crippen LogP contribution is -1.97. The van der Waals surface area contributed by atoms with E-state index in [4.69, 9.17) is 5.84 Å². The molecular weight excluding hydrogens is 202 g/mol. The molecule has 0 spiro atoms. The molecule has 1 aromatic carbocycles. The fourth-order valence-electron chi connectivity index (χ4n) is 1.64. The SMILES string of the molecule is N/N=N/C(=O)C1CC1/C=C/c1ccccc1. The minimum absolute atomic E-state index is 0.0211. The lowest BCUT2D eigenvalue weighted by atomic mass is 10.2. The van der Waals surface area contributed by atoms with Gasteiger partial charge in [0.15, 0.2) is 0 Å². The largest absolute Gasteiger partial charge is 0.304 e. The van der Waals surface area contributed by atoms with Crippen molar-refractivity contribution >= 4 is 12.0 Å². The monoisotopic (exact) mass is 215 g/mol. The second-order valence-electron chi connectivity index (χ2n) is 3.83. The zero-order valence-corrected chi connectivity index (χ0v) is 8.78. The Labute approximate surface area is 93.8 Å². The second kappa shape index (κ2) is 4.70. The van der Waals surface area contributed by atoms with Crippen molar-refractivity contribution in [2.24, 2.45) is 28.0 Å². The summed E-state index contributed by atoms with van der Waals surface area (Å²) in [4.78, 5) is 11.3. The Bertz CT molecular complexity index is 425. The normalized spacial score (nSPS) is 24.0. The maximum Gasteiger partial charge on any atom is 0.270 e. The van der Waals surface area contributed by atoms with Crippen LogP contribution in [0.2, 0.25) is 0 Å². The van der Waals surface area contributed by atoms with Crippen LogP contribution in [-0.2, 0) is 4.79 Å². The number of carbonyl (C=O) groups excluding carboxylic acids is 1. The third kappa shape index (κ3) is 2.53. The third-order valence-corrected chi connectivity index (χ3v) is 2.65. The lowest BCUT2D eigenvalue weighted by Gasteiger charge is -1.91. The molecule has 0 heterocycles. The zero-order valence-electron chi connectivity index (χ0n) is 8.78. The number of hydrogen-bond acceptors (Lipinski definition) is 2. The van der Waals surface area contributed by atoms with Gasteiger partial charge in [-0.15, -0.1) is 0 Å². The van der Waals surface area contributed by atoms with E-state index in [0.717, 1.165) is 12.0 Å². The van der Waals surface area contributed by atoms with Crippen LogP contribution < -0.4 is 5.84 Å². The van der Waals surface area contributed by atoms with Crippen molar-refractivity contribution in [1.82, 2.24) is 0 Å². The number of nitrogens with two attached hydrogens (primary N) is 1. The van der Waals surface area contributed by atoms with Gasteiger partial charge in [-0.05, 0) is 17.9 Å². The Kier molecular flexibility index (Phi) is 3.10. The highest BCUT2D eigenvalue weighted by Crippen LogP contribution is 2.41. The molecule has 2 rings (SSSR count). The van der Waals surface area contributed by atoms with E-state index in [-0.39, 0.29) is 11.8 Å². The molecular formula is C12H13N3O. The second-order valence-corrected chi connectivity index (χ2v) is 3.83. The predicted molar refractivity (Wildman–Crippen MR) is 61.1 cm³/mol. The highest BCUT2D eigenvalue weighted by molar-refractivity contribution is 5.82. The van der Waals surface area contributed by atoms with Crippen LogP contribution in [0.4, 0.5) is 0 Å². The summed E-state index contributed by atoms with van der Waals surface area (Å²) < 4.78 is 0. The Balaban J connectivity index is 1.90. The zero-order chi connectivity index (χ0) is 11.4. The van der Waals surface area contributed by atoms with Gasteiger partial charge in [-0.1, -0.05) is 52.8 Å². The number of allylic oxidation sites excluding steroid dienone is 1. The van der Waals surface area contributed by atoms with Crippen molar-refractivity contribution in [2.45, 2.75) is 6.42 Å². The van der Waals surface area contributed by atoms with Gasteiger partial charge in [0.05, 0.1) is 0 Å². The molecule has 4 nitrogen and oxygen atoms in total. The summed E-state index contributed by atoms with van der Waals surface area (Å²) in [6.45, 7) is 0. The fraction of sp³-hybridized carbons (Fsp3) is 0.250. The third-order valence-electron chi connectivity index (χ3n) is 2.65. The van der Waals surface area contributed by atoms with Gasteiger partial charge in [0.1, 0.15) is 0 Å². The molecule has 0 saturated heterocycles. The predicted octanol–water partition coefficient (Wildman–Crippen LogP) is 2.19. The van der Waals surface area contributed by atoms with Crippen molar-refractivity contribution < 1.29 is 4.79 Å². The van der Waals surface area contributed by atoms with Crippen LogP contribution in [0.25, 0.3) is 6.08 Å². The van der Waals surface area contributed by atoms with E-state index in [0.29, 0.717) is 5.92 Å². The first kappa shape index (κ1) is 10.5. The first-order valence-corrected chi connectivity index (χ1v) is 5.19. The van der Waals surface area contributed by atoms with E-state index in [1.54, 1.807) is 0 Å². The van der Waals surface area contributed by atoms with E-state index in [2.05, 4.69) is 10.3 Å². The van der Waals surface area contributed by atoms with E-state index in [9.17, 15) is 4.79 Å². The van der Waals surface area contributed by atoms with Crippen molar-refractivity contribution in [3.05, 3.63) is 42.0 Å². The van der Waals surface area contributed by atoms with Crippen molar-refractivity contribution in [3.63, 3.8) is 0 Å². The van der Waals surface area contributed by atoms with Crippen LogP contribution in [0.15, 0.2) is 46.7 Å². The average Bonchev–Trinajstić information content (AvgIpc) is 3.08. The van der Waals surface area contributed by atoms with Gasteiger partial charge in [0.2, 0.25) is 0 Å². The van der Waals surface area contributed by atoms with Crippen LogP contribution in [0.3, 0.4) is 0 Å². The van der Waals surface area contributed by atoms with Gasteiger partial charge in [0.25, 0.3) is 5.91 Å². The molecule has 1 fully saturated rings. The van der Waals surface area contributed by atoms with Crippen molar-refractivity contribution in [1.29, 1.82) is 0 Å². The van der Waals surface area contributed by atoms with Crippen LogP contribution in [0.1, 0.15) is 12.0 Å². The average molecular weight is 215 g/mol. The minimum atomic E-state index is -0.217. The fourth-order valence-corrected chi connectivity index (χ4v) is 1.64. The summed E-state index contributed by atoms with van der Waals surface area (Å²) in [7, 11) is 0. The molecule has 1 amide bonds. The molecule has 0 radical (unpaired) electrons. The number of rotatable bonds is 3. The smallest absolute Gasteiger partial charge is 0.270 e. The quantitative estimate of drug-likeness (QED) is 0.477. The van der Waals surface area contributed by atoms with Crippen LogP contribution >= 0.6 is 0 Å². The molecule has 2 unspecified atom stereocenters. The Morgan fingerprint density at radius 1 is 1.38 bits per heavy atom. The maximum absolute atomic E-state index is 11.3. The Hall–Kier alpha value is -1.97. The molecule has 1 aromatic rings. The minimum Gasteiger partial charge on any atom is -0.304 e. The van der Waals surface area contributed by atoms with Gasteiger partial charge in [0, 0.05) is 5.92 Å². The molecule has 16 heavy (non-hydrogen) atoms. The molecule has 1 saturated carbocycles. The topological polar surface area (TPSA) is 67.8 Å². The molecule has 4 heteroatoms. The number of nitrogens with zero attached hydrogens (tertiary/aromatic N) is 2. The first-order valence-electron chi connectivity index (χ1n) is 5.19. The van der Waals surface area contributed by atoms with Gasteiger partial charge < -0.3 is 5.84 Å². The van der Waals surface area contributed by atoms with Gasteiger partial charge in [-0.25, -0.2) is 0 Å². The summed E-state index contributed by atoms with van der Waals surface area (Å²) in [6.07, 6.45) is 4.92. The van der Waals surface area contributed by atoms with E-state index in [1.807, 2.05) is 42.5 Å². The maximum atomic E-state index is 11.3. The van der Waals surface area contributed by atoms with Crippen LogP contribution in [0.5, 0.6) is 0 Å². The van der Waals surface area contributed by atoms with Gasteiger partial charge in [-0.2, -0.15) is 0 Å². The molecule has 82 valence electrons. The molecule has 0 aliphatic heterocycles. The molecule has 0 bridgehead atoms. The molecule has 2 N–H and O–H groups in total. The standard InChI is InChI=1S/C12H13N3O/c13-15-14-12(16)11-8-10(11)7-6-9-4-2-1-3-5-9/h1-7,10-11H,8H2,(H2,13,14,16)/b7-6+. The van der Waals surface area contributed by atoms with Crippen molar-refractivity contribution in [2.75, 3.05) is 0 Å². The Morgan fingerprint density at radius 3 is 2.81 bits per heavy atom. The van der Waals surface area contributed by atoms with Crippen LogP contribution in [-0.4, -0.2) is 5.91 Å². The van der Waals surface area contributed by atoms with Crippen LogP contribution in [0, 0.1) is 11.8 Å². The summed E-state index contributed by atoms with van der Waals surface area (Å²) >= 11 is 0. The number of amides is 1. The highest BCUT2D eigenvalue weighted by atomic mass is 16.2. The number of carbonyl (C=O) groups is 1. The first-order chi connectivity index (χ1) is 7.81. The van der Waals surface area contributed by atoms with Gasteiger partial charge >= 0.3 is 0 Å². The van der Waals surface area contributed by atoms with E-state index >= 15 is 0 Å². The summed E-state index contributed by atoms with van der Waals surface area (Å²) in [5.74, 6) is 4.88. The molecule has 2 atom stereocenters. The summed E-state index contributed by atoms with van der Waals surface area (Å²) in [6, 6.07) is 9.99. The van der Waals surface area contributed by atoms with E-state index < -0.39 is 0 Å². The lowest BCUT2D eigenvalue weighted by molar-refractivity contribution is -0.119. The number of benzene rings is 1.